The van der Waals surface area contributed by atoms with Crippen molar-refractivity contribution in [1.29, 1.82) is 0 Å². The molecule has 0 bridgehead atoms. The first-order valence-electron chi connectivity index (χ1n) is 14.4. The van der Waals surface area contributed by atoms with Gasteiger partial charge in [0.05, 0.1) is 24.3 Å². The minimum Gasteiger partial charge on any atom is -0.473 e. The van der Waals surface area contributed by atoms with Crippen molar-refractivity contribution in [2.24, 2.45) is 11.8 Å². The zero-order valence-corrected chi connectivity index (χ0v) is 25.2. The third-order valence-corrected chi connectivity index (χ3v) is 10.0. The summed E-state index contributed by atoms with van der Waals surface area (Å²) in [5, 5.41) is 0. The maximum Gasteiger partial charge on any atom is 0.417 e. The Morgan fingerprint density at radius 1 is 1.02 bits per heavy atom. The van der Waals surface area contributed by atoms with Gasteiger partial charge in [0.1, 0.15) is 18.2 Å². The van der Waals surface area contributed by atoms with E-state index in [1.54, 1.807) is 24.1 Å². The van der Waals surface area contributed by atoms with Crippen LogP contribution in [0.3, 0.4) is 0 Å². The molecule has 240 valence electrons. The molecule has 0 amide bonds. The molecule has 2 aliphatic carbocycles. The second kappa shape index (κ2) is 11.5. The highest BCUT2D eigenvalue weighted by atomic mass is 32.2. The smallest absolute Gasteiger partial charge is 0.417 e. The Balaban J connectivity index is 1.21. The molecule has 45 heavy (non-hydrogen) atoms. The molecule has 1 saturated carbocycles. The summed E-state index contributed by atoms with van der Waals surface area (Å²) in [6, 6.07) is 6.72. The molecule has 6 rings (SSSR count). The number of hydrogen-bond donors (Lipinski definition) is 0. The van der Waals surface area contributed by atoms with E-state index in [0.29, 0.717) is 24.8 Å². The van der Waals surface area contributed by atoms with E-state index in [0.717, 1.165) is 29.5 Å². The number of esters is 1. The van der Waals surface area contributed by atoms with Crippen molar-refractivity contribution < 1.29 is 44.6 Å². The fourth-order valence-corrected chi connectivity index (χ4v) is 7.27. The number of nitrogens with zero attached hydrogens (tertiary/aromatic N) is 3. The van der Waals surface area contributed by atoms with E-state index in [1.165, 1.54) is 16.4 Å². The maximum atomic E-state index is 15.4. The summed E-state index contributed by atoms with van der Waals surface area (Å²) in [5.41, 5.74) is -0.214. The largest absolute Gasteiger partial charge is 0.473 e. The van der Waals surface area contributed by atoms with Gasteiger partial charge in [0.2, 0.25) is 15.9 Å². The second-order valence-electron chi connectivity index (χ2n) is 11.5. The van der Waals surface area contributed by atoms with Gasteiger partial charge in [0, 0.05) is 61.2 Å². The third-order valence-electron chi connectivity index (χ3n) is 8.72. The molecule has 14 heteroatoms. The lowest BCUT2D eigenvalue weighted by atomic mass is 9.95. The van der Waals surface area contributed by atoms with Crippen LogP contribution in [-0.4, -0.2) is 62.7 Å². The first-order valence-corrected chi connectivity index (χ1v) is 16.3. The molecule has 1 aromatic heterocycles. The van der Waals surface area contributed by atoms with Crippen LogP contribution in [-0.2, 0) is 38.8 Å². The third kappa shape index (κ3) is 6.09. The summed E-state index contributed by atoms with van der Waals surface area (Å²) in [4.78, 5) is 18.1. The summed E-state index contributed by atoms with van der Waals surface area (Å²) in [5.74, 6) is -2.21. The van der Waals surface area contributed by atoms with Crippen molar-refractivity contribution in [3.63, 3.8) is 0 Å². The maximum absolute atomic E-state index is 15.4. The zero-order chi connectivity index (χ0) is 32.3. The molecular weight excluding hydrogens is 621 g/mol. The van der Waals surface area contributed by atoms with Crippen LogP contribution in [0.1, 0.15) is 35.1 Å². The highest BCUT2D eigenvalue weighted by molar-refractivity contribution is 7.88. The molecule has 0 radical (unpaired) electrons. The van der Waals surface area contributed by atoms with E-state index < -0.39 is 45.6 Å². The Morgan fingerprint density at radius 2 is 1.76 bits per heavy atom. The molecule has 2 heterocycles. The Labute approximate surface area is 256 Å². The second-order valence-corrected chi connectivity index (χ2v) is 13.5. The Morgan fingerprint density at radius 3 is 2.40 bits per heavy atom. The van der Waals surface area contributed by atoms with Crippen LogP contribution in [0, 0.1) is 23.5 Å². The van der Waals surface area contributed by atoms with Crippen molar-refractivity contribution in [3.8, 4) is 17.0 Å². The fourth-order valence-electron chi connectivity index (χ4n) is 6.44. The number of halogens is 5. The Kier molecular flexibility index (Phi) is 8.00. The quantitative estimate of drug-likeness (QED) is 0.246. The molecule has 3 aromatic rings. The standard InChI is InChI=1S/C31H30F5N3O5S/c1-3-43-30(40)29-22-10-17-12-27(37-15-23(17)28(22)29)44-16-18-11-21(24(14-25(18)32)31(34,35)36)20-5-4-19(13-26(20)33)38-6-8-39(9-7-38)45(2,41)42/h4-5,11-15,22,28-29H,3,6-10,16H2,1-2H3. The molecule has 8 nitrogen and oxygen atoms in total. The minimum absolute atomic E-state index is 0.0360. The van der Waals surface area contributed by atoms with Crippen LogP contribution in [0.25, 0.3) is 11.1 Å². The van der Waals surface area contributed by atoms with Crippen molar-refractivity contribution in [2.75, 3.05) is 43.9 Å². The number of carbonyl (C=O) groups is 1. The van der Waals surface area contributed by atoms with Gasteiger partial charge >= 0.3 is 12.1 Å². The molecule has 0 spiro atoms. The van der Waals surface area contributed by atoms with Gasteiger partial charge in [-0.25, -0.2) is 22.2 Å². The normalized spacial score (nSPS) is 21.3. The lowest BCUT2D eigenvalue weighted by Crippen LogP contribution is -2.48. The number of rotatable bonds is 8. The summed E-state index contributed by atoms with van der Waals surface area (Å²) in [6.07, 6.45) is -1.64. The number of fused-ring (bicyclic) bond motifs is 3. The number of benzene rings is 2. The molecule has 3 atom stereocenters. The lowest BCUT2D eigenvalue weighted by Gasteiger charge is -2.34. The van der Waals surface area contributed by atoms with E-state index in [-0.39, 0.29) is 66.9 Å². The van der Waals surface area contributed by atoms with Gasteiger partial charge in [0.15, 0.2) is 0 Å². The van der Waals surface area contributed by atoms with Crippen LogP contribution in [0.4, 0.5) is 27.6 Å². The number of alkyl halides is 3. The average molecular weight is 652 g/mol. The molecule has 2 aromatic carbocycles. The highest BCUT2D eigenvalue weighted by Crippen LogP contribution is 2.61. The van der Waals surface area contributed by atoms with Crippen LogP contribution in [0.2, 0.25) is 0 Å². The molecule has 3 aliphatic rings. The van der Waals surface area contributed by atoms with Crippen LogP contribution in [0.5, 0.6) is 5.88 Å². The summed E-state index contributed by atoms with van der Waals surface area (Å²) in [6.45, 7) is 2.54. The summed E-state index contributed by atoms with van der Waals surface area (Å²) < 4.78 is 108. The van der Waals surface area contributed by atoms with Gasteiger partial charge in [-0.3, -0.25) is 4.79 Å². The topological polar surface area (TPSA) is 89.0 Å². The van der Waals surface area contributed by atoms with E-state index in [1.807, 2.05) is 0 Å². The molecule has 0 N–H and O–H groups in total. The molecule has 2 fully saturated rings. The fraction of sp³-hybridized carbons (Fsp3) is 0.419. The molecule has 1 aliphatic heterocycles. The lowest BCUT2D eigenvalue weighted by molar-refractivity contribution is -0.145. The minimum atomic E-state index is -4.97. The summed E-state index contributed by atoms with van der Waals surface area (Å²) in [7, 11) is -3.38. The van der Waals surface area contributed by atoms with Gasteiger partial charge in [-0.1, -0.05) is 0 Å². The van der Waals surface area contributed by atoms with Crippen molar-refractivity contribution >= 4 is 21.7 Å². The molecular formula is C31H30F5N3O5S. The molecule has 1 saturated heterocycles. The monoisotopic (exact) mass is 651 g/mol. The Bertz CT molecular complexity index is 1760. The van der Waals surface area contributed by atoms with E-state index in [2.05, 4.69) is 4.98 Å². The number of piperazine rings is 1. The molecule has 3 unspecified atom stereocenters. The number of sulfonamides is 1. The Hall–Kier alpha value is -3.78. The van der Waals surface area contributed by atoms with Gasteiger partial charge in [-0.05, 0) is 66.3 Å². The average Bonchev–Trinajstić information content (AvgIpc) is 3.57. The van der Waals surface area contributed by atoms with E-state index in [4.69, 9.17) is 9.47 Å². The number of ether oxygens (including phenoxy) is 2. The first kappa shape index (κ1) is 31.2. The van der Waals surface area contributed by atoms with Crippen LogP contribution >= 0.6 is 0 Å². The summed E-state index contributed by atoms with van der Waals surface area (Å²) >= 11 is 0. The number of anilines is 1. The predicted octanol–water partition coefficient (Wildman–Crippen LogP) is 5.16. The zero-order valence-electron chi connectivity index (χ0n) is 24.4. The van der Waals surface area contributed by atoms with Crippen molar-refractivity contribution in [1.82, 2.24) is 9.29 Å². The number of aromatic nitrogens is 1. The van der Waals surface area contributed by atoms with Crippen LogP contribution in [0.15, 0.2) is 42.6 Å². The number of carbonyl (C=O) groups excluding carboxylic acids is 1. The van der Waals surface area contributed by atoms with Gasteiger partial charge in [0.25, 0.3) is 0 Å². The number of pyridine rings is 1. The number of hydrogen-bond acceptors (Lipinski definition) is 7. The van der Waals surface area contributed by atoms with Crippen LogP contribution < -0.4 is 9.64 Å². The van der Waals surface area contributed by atoms with Gasteiger partial charge < -0.3 is 14.4 Å². The highest BCUT2D eigenvalue weighted by Gasteiger charge is 2.60. The SMILES string of the molecule is CCOC(=O)C1C2Cc3cc(OCc4cc(-c5ccc(N6CCN(S(C)(=O)=O)CC6)cc5F)c(C(F)(F)F)cc4F)ncc3C21. The van der Waals surface area contributed by atoms with E-state index in [9.17, 15) is 30.8 Å². The van der Waals surface area contributed by atoms with Crippen molar-refractivity contribution in [2.45, 2.75) is 32.0 Å². The van der Waals surface area contributed by atoms with E-state index >= 15 is 4.39 Å². The van der Waals surface area contributed by atoms with Gasteiger partial charge in [-0.15, -0.1) is 0 Å². The van der Waals surface area contributed by atoms with Crippen molar-refractivity contribution in [3.05, 3.63) is 76.5 Å². The first-order chi connectivity index (χ1) is 21.3. The van der Waals surface area contributed by atoms with Gasteiger partial charge in [-0.2, -0.15) is 17.5 Å². The predicted molar refractivity (Wildman–Crippen MR) is 154 cm³/mol.